The standard InChI is InChI=1S/C22H23N5OS/c1-3-27-19(14-13-17-10-5-4-6-11-17)24-25-22(27)29-15-20-23-21(26-28-20)18-12-8-7-9-16(18)2/h4-12H,3,13-15H2,1-2H3. The molecule has 0 unspecified atom stereocenters. The van der Waals surface area contributed by atoms with E-state index in [-0.39, 0.29) is 0 Å². The number of thioether (sulfide) groups is 1. The second kappa shape index (κ2) is 9.05. The molecule has 0 aliphatic carbocycles. The van der Waals surface area contributed by atoms with E-state index in [4.69, 9.17) is 4.52 Å². The summed E-state index contributed by atoms with van der Waals surface area (Å²) < 4.78 is 7.60. The first kappa shape index (κ1) is 19.4. The van der Waals surface area contributed by atoms with E-state index in [2.05, 4.69) is 56.1 Å². The Labute approximate surface area is 174 Å². The van der Waals surface area contributed by atoms with E-state index >= 15 is 0 Å². The minimum Gasteiger partial charge on any atom is -0.338 e. The summed E-state index contributed by atoms with van der Waals surface area (Å²) in [4.78, 5) is 4.54. The van der Waals surface area contributed by atoms with Gasteiger partial charge in [0.2, 0.25) is 11.7 Å². The number of aromatic nitrogens is 5. The molecule has 0 aliphatic rings. The molecule has 0 amide bonds. The van der Waals surface area contributed by atoms with E-state index in [9.17, 15) is 0 Å². The van der Waals surface area contributed by atoms with Gasteiger partial charge in [0.1, 0.15) is 5.82 Å². The lowest BCUT2D eigenvalue weighted by atomic mass is 10.1. The van der Waals surface area contributed by atoms with Crippen LogP contribution in [0.1, 0.15) is 29.8 Å². The third-order valence-corrected chi connectivity index (χ3v) is 5.72. The second-order valence-electron chi connectivity index (χ2n) is 6.74. The lowest BCUT2D eigenvalue weighted by Crippen LogP contribution is -2.05. The molecule has 0 radical (unpaired) electrons. The van der Waals surface area contributed by atoms with Crippen LogP contribution in [0.25, 0.3) is 11.4 Å². The van der Waals surface area contributed by atoms with Crippen LogP contribution in [0.3, 0.4) is 0 Å². The fraction of sp³-hybridized carbons (Fsp3) is 0.273. The molecule has 0 N–H and O–H groups in total. The third kappa shape index (κ3) is 4.56. The average Bonchev–Trinajstić information content (AvgIpc) is 3.38. The van der Waals surface area contributed by atoms with Crippen LogP contribution in [0.15, 0.2) is 64.3 Å². The molecule has 0 spiro atoms. The van der Waals surface area contributed by atoms with Gasteiger partial charge in [-0.15, -0.1) is 10.2 Å². The van der Waals surface area contributed by atoms with Gasteiger partial charge in [0, 0.05) is 18.5 Å². The van der Waals surface area contributed by atoms with Gasteiger partial charge in [0.05, 0.1) is 5.75 Å². The molecule has 0 bridgehead atoms. The molecule has 0 saturated heterocycles. The van der Waals surface area contributed by atoms with Crippen LogP contribution in [0.4, 0.5) is 0 Å². The third-order valence-electron chi connectivity index (χ3n) is 4.77. The molecule has 0 saturated carbocycles. The number of rotatable bonds is 8. The molecule has 0 fully saturated rings. The Bertz CT molecular complexity index is 1070. The van der Waals surface area contributed by atoms with Crippen molar-refractivity contribution in [3.05, 3.63) is 77.4 Å². The maximum atomic E-state index is 5.44. The van der Waals surface area contributed by atoms with Crippen molar-refractivity contribution in [1.29, 1.82) is 0 Å². The first-order valence-electron chi connectivity index (χ1n) is 9.72. The molecular weight excluding hydrogens is 382 g/mol. The van der Waals surface area contributed by atoms with Crippen LogP contribution in [-0.2, 0) is 25.1 Å². The van der Waals surface area contributed by atoms with Crippen molar-refractivity contribution >= 4 is 11.8 Å². The van der Waals surface area contributed by atoms with E-state index in [1.54, 1.807) is 11.8 Å². The minimum absolute atomic E-state index is 0.565. The Kier molecular flexibility index (Phi) is 6.05. The molecule has 29 heavy (non-hydrogen) atoms. The zero-order chi connectivity index (χ0) is 20.1. The zero-order valence-corrected chi connectivity index (χ0v) is 17.4. The van der Waals surface area contributed by atoms with E-state index in [0.717, 1.165) is 41.5 Å². The molecular formula is C22H23N5OS. The summed E-state index contributed by atoms with van der Waals surface area (Å²) >= 11 is 1.57. The minimum atomic E-state index is 0.565. The van der Waals surface area contributed by atoms with Gasteiger partial charge in [-0.05, 0) is 31.4 Å². The monoisotopic (exact) mass is 405 g/mol. The van der Waals surface area contributed by atoms with Gasteiger partial charge in [-0.3, -0.25) is 0 Å². The van der Waals surface area contributed by atoms with Crippen molar-refractivity contribution in [3.63, 3.8) is 0 Å². The predicted octanol–water partition coefficient (Wildman–Crippen LogP) is 4.73. The highest BCUT2D eigenvalue weighted by molar-refractivity contribution is 7.98. The number of hydrogen-bond donors (Lipinski definition) is 0. The van der Waals surface area contributed by atoms with Crippen molar-refractivity contribution in [1.82, 2.24) is 24.9 Å². The van der Waals surface area contributed by atoms with Crippen molar-refractivity contribution < 1.29 is 4.52 Å². The largest absolute Gasteiger partial charge is 0.338 e. The molecule has 0 aliphatic heterocycles. The fourth-order valence-electron chi connectivity index (χ4n) is 3.20. The number of nitrogens with zero attached hydrogens (tertiary/aromatic N) is 5. The Hall–Kier alpha value is -2.93. The maximum Gasteiger partial charge on any atom is 0.237 e. The second-order valence-corrected chi connectivity index (χ2v) is 7.69. The highest BCUT2D eigenvalue weighted by Gasteiger charge is 2.15. The SMILES string of the molecule is CCn1c(CCc2ccccc2)nnc1SCc1nc(-c2ccccc2C)no1. The van der Waals surface area contributed by atoms with Crippen LogP contribution in [0.2, 0.25) is 0 Å². The van der Waals surface area contributed by atoms with E-state index in [0.29, 0.717) is 17.5 Å². The van der Waals surface area contributed by atoms with Crippen LogP contribution in [0, 0.1) is 6.92 Å². The Morgan fingerprint density at radius 1 is 0.966 bits per heavy atom. The number of benzene rings is 2. The highest BCUT2D eigenvalue weighted by atomic mass is 32.2. The first-order valence-corrected chi connectivity index (χ1v) is 10.7. The zero-order valence-electron chi connectivity index (χ0n) is 16.6. The van der Waals surface area contributed by atoms with Gasteiger partial charge < -0.3 is 9.09 Å². The maximum absolute atomic E-state index is 5.44. The molecule has 7 heteroatoms. The molecule has 0 atom stereocenters. The van der Waals surface area contributed by atoms with Crippen molar-refractivity contribution in [2.45, 2.75) is 44.1 Å². The molecule has 2 heterocycles. The summed E-state index contributed by atoms with van der Waals surface area (Å²) in [6.45, 7) is 4.99. The van der Waals surface area contributed by atoms with E-state index in [1.165, 1.54) is 5.56 Å². The van der Waals surface area contributed by atoms with Gasteiger partial charge in [0.15, 0.2) is 5.16 Å². The fourth-order valence-corrected chi connectivity index (χ4v) is 4.06. The molecule has 4 aromatic rings. The summed E-state index contributed by atoms with van der Waals surface area (Å²) in [5, 5.41) is 13.8. The van der Waals surface area contributed by atoms with Crippen molar-refractivity contribution in [3.8, 4) is 11.4 Å². The smallest absolute Gasteiger partial charge is 0.237 e. The van der Waals surface area contributed by atoms with Crippen LogP contribution < -0.4 is 0 Å². The molecule has 2 aromatic carbocycles. The van der Waals surface area contributed by atoms with Crippen LogP contribution in [0.5, 0.6) is 0 Å². The lowest BCUT2D eigenvalue weighted by molar-refractivity contribution is 0.391. The normalized spacial score (nSPS) is 11.1. The van der Waals surface area contributed by atoms with Gasteiger partial charge in [0.25, 0.3) is 0 Å². The van der Waals surface area contributed by atoms with Crippen molar-refractivity contribution in [2.75, 3.05) is 0 Å². The van der Waals surface area contributed by atoms with Gasteiger partial charge in [-0.2, -0.15) is 4.98 Å². The summed E-state index contributed by atoms with van der Waals surface area (Å²) in [5.74, 6) is 2.78. The number of aryl methyl sites for hydroxylation is 3. The molecule has 6 nitrogen and oxygen atoms in total. The van der Waals surface area contributed by atoms with Crippen molar-refractivity contribution in [2.24, 2.45) is 0 Å². The predicted molar refractivity (Wildman–Crippen MR) is 114 cm³/mol. The van der Waals surface area contributed by atoms with E-state index in [1.807, 2.05) is 37.3 Å². The van der Waals surface area contributed by atoms with Gasteiger partial charge in [-0.1, -0.05) is 71.5 Å². The average molecular weight is 406 g/mol. The Balaban J connectivity index is 1.41. The topological polar surface area (TPSA) is 69.6 Å². The summed E-state index contributed by atoms with van der Waals surface area (Å²) in [6, 6.07) is 18.5. The molecule has 148 valence electrons. The van der Waals surface area contributed by atoms with Gasteiger partial charge in [-0.25, -0.2) is 0 Å². The summed E-state index contributed by atoms with van der Waals surface area (Å²) in [5.41, 5.74) is 3.43. The molecule has 2 aromatic heterocycles. The van der Waals surface area contributed by atoms with E-state index < -0.39 is 0 Å². The Morgan fingerprint density at radius 2 is 1.76 bits per heavy atom. The summed E-state index contributed by atoms with van der Waals surface area (Å²) in [6.07, 6.45) is 1.82. The quantitative estimate of drug-likeness (QED) is 0.395. The highest BCUT2D eigenvalue weighted by Crippen LogP contribution is 2.24. The first-order chi connectivity index (χ1) is 14.2. The van der Waals surface area contributed by atoms with Crippen LogP contribution >= 0.6 is 11.8 Å². The van der Waals surface area contributed by atoms with Crippen LogP contribution in [-0.4, -0.2) is 24.9 Å². The lowest BCUT2D eigenvalue weighted by Gasteiger charge is -2.06. The Morgan fingerprint density at radius 3 is 2.55 bits per heavy atom. The summed E-state index contributed by atoms with van der Waals surface area (Å²) in [7, 11) is 0. The van der Waals surface area contributed by atoms with Gasteiger partial charge >= 0.3 is 0 Å². The molecule has 4 rings (SSSR count). The number of hydrogen-bond acceptors (Lipinski definition) is 6.